The van der Waals surface area contributed by atoms with Gasteiger partial charge >= 0.3 is 0 Å². The molecule has 0 spiro atoms. The van der Waals surface area contributed by atoms with E-state index in [1.165, 1.54) is 3.57 Å². The largest absolute Gasteiger partial charge is 0.381 e. The highest BCUT2D eigenvalue weighted by Gasteiger charge is 2.20. The molecule has 0 atom stereocenters. The van der Waals surface area contributed by atoms with Crippen LogP contribution in [-0.2, 0) is 4.74 Å². The Morgan fingerprint density at radius 2 is 2.12 bits per heavy atom. The number of rotatable bonds is 1. The Morgan fingerprint density at radius 3 is 2.88 bits per heavy atom. The molecule has 0 aliphatic carbocycles. The maximum atomic E-state index is 6.04. The smallest absolute Gasteiger partial charge is 0.201 e. The number of benzene rings is 1. The lowest BCUT2D eigenvalue weighted by atomic mass is 10.1. The molecule has 0 radical (unpaired) electrons. The zero-order valence-electron chi connectivity index (χ0n) is 9.40. The Bertz CT molecular complexity index is 546. The number of fused-ring (bicyclic) bond motifs is 1. The molecule has 0 unspecified atom stereocenters. The lowest BCUT2D eigenvalue weighted by Crippen LogP contribution is -2.20. The zero-order chi connectivity index (χ0) is 11.8. The molecule has 2 N–H and O–H groups in total. The number of ether oxygens (including phenoxy) is 1. The van der Waals surface area contributed by atoms with E-state index in [-0.39, 0.29) is 0 Å². The number of nitrogen functional groups attached to an aromatic ring is 1. The quantitative estimate of drug-likeness (QED) is 0.810. The van der Waals surface area contributed by atoms with Crippen molar-refractivity contribution in [2.45, 2.75) is 18.9 Å². The fraction of sp³-hybridized carbons (Fsp3) is 0.417. The van der Waals surface area contributed by atoms with Crippen molar-refractivity contribution in [1.82, 2.24) is 9.55 Å². The van der Waals surface area contributed by atoms with Gasteiger partial charge in [0, 0.05) is 22.8 Å². The van der Waals surface area contributed by atoms with E-state index < -0.39 is 0 Å². The third-order valence-electron chi connectivity index (χ3n) is 3.23. The first kappa shape index (κ1) is 11.3. The van der Waals surface area contributed by atoms with Crippen molar-refractivity contribution >= 4 is 39.6 Å². The predicted molar refractivity (Wildman–Crippen MR) is 76.0 cm³/mol. The van der Waals surface area contributed by atoms with Crippen LogP contribution in [0.1, 0.15) is 18.9 Å². The van der Waals surface area contributed by atoms with Crippen LogP contribution in [0, 0.1) is 3.57 Å². The Hall–Kier alpha value is -0.820. The second kappa shape index (κ2) is 4.45. The van der Waals surface area contributed by atoms with E-state index in [1.807, 2.05) is 0 Å². The molecule has 0 saturated carbocycles. The van der Waals surface area contributed by atoms with Crippen molar-refractivity contribution in [1.29, 1.82) is 0 Å². The van der Waals surface area contributed by atoms with Crippen LogP contribution in [0.4, 0.5) is 5.95 Å². The van der Waals surface area contributed by atoms with Crippen LogP contribution in [0.25, 0.3) is 11.0 Å². The predicted octanol–water partition coefficient (Wildman–Crippen LogP) is 2.57. The lowest BCUT2D eigenvalue weighted by molar-refractivity contribution is 0.0711. The van der Waals surface area contributed by atoms with E-state index >= 15 is 0 Å². The maximum Gasteiger partial charge on any atom is 0.201 e. The van der Waals surface area contributed by atoms with Gasteiger partial charge < -0.3 is 15.0 Å². The number of nitrogens with zero attached hydrogens (tertiary/aromatic N) is 2. The molecule has 4 nitrogen and oxygen atoms in total. The molecule has 90 valence electrons. The van der Waals surface area contributed by atoms with Crippen LogP contribution >= 0.6 is 22.6 Å². The fourth-order valence-electron chi connectivity index (χ4n) is 2.42. The van der Waals surface area contributed by atoms with Gasteiger partial charge in [-0.15, -0.1) is 0 Å². The molecule has 0 amide bonds. The van der Waals surface area contributed by atoms with Crippen LogP contribution in [0.2, 0.25) is 0 Å². The summed E-state index contributed by atoms with van der Waals surface area (Å²) in [6.07, 6.45) is 2.03. The molecule has 1 aliphatic rings. The van der Waals surface area contributed by atoms with Crippen LogP contribution in [0.3, 0.4) is 0 Å². The average molecular weight is 343 g/mol. The van der Waals surface area contributed by atoms with Crippen molar-refractivity contribution in [2.75, 3.05) is 18.9 Å². The number of hydrogen-bond donors (Lipinski definition) is 1. The second-order valence-corrected chi connectivity index (χ2v) is 5.56. The molecular weight excluding hydrogens is 329 g/mol. The van der Waals surface area contributed by atoms with E-state index in [0.29, 0.717) is 12.0 Å². The molecule has 1 aromatic carbocycles. The topological polar surface area (TPSA) is 53.1 Å². The molecule has 2 heterocycles. The minimum Gasteiger partial charge on any atom is -0.381 e. The summed E-state index contributed by atoms with van der Waals surface area (Å²) < 4.78 is 8.74. The molecule has 17 heavy (non-hydrogen) atoms. The SMILES string of the molecule is Nc1nc2cc(I)ccc2n1C1CCOCC1. The first-order chi connectivity index (χ1) is 8.25. The molecule has 1 saturated heterocycles. The van der Waals surface area contributed by atoms with Crippen molar-refractivity contribution in [2.24, 2.45) is 0 Å². The van der Waals surface area contributed by atoms with Gasteiger partial charge in [-0.05, 0) is 53.6 Å². The van der Waals surface area contributed by atoms with Gasteiger partial charge in [-0.3, -0.25) is 0 Å². The molecular formula is C12H14IN3O. The van der Waals surface area contributed by atoms with Gasteiger partial charge in [0.2, 0.25) is 5.95 Å². The van der Waals surface area contributed by atoms with Crippen molar-refractivity contribution < 1.29 is 4.74 Å². The van der Waals surface area contributed by atoms with Crippen molar-refractivity contribution in [3.05, 3.63) is 21.8 Å². The maximum absolute atomic E-state index is 6.04. The lowest BCUT2D eigenvalue weighted by Gasteiger charge is -2.24. The summed E-state index contributed by atoms with van der Waals surface area (Å²) in [5, 5.41) is 0. The van der Waals surface area contributed by atoms with Gasteiger partial charge in [-0.1, -0.05) is 0 Å². The first-order valence-corrected chi connectivity index (χ1v) is 6.84. The van der Waals surface area contributed by atoms with Crippen LogP contribution in [-0.4, -0.2) is 22.8 Å². The Balaban J connectivity index is 2.11. The van der Waals surface area contributed by atoms with Gasteiger partial charge in [0.25, 0.3) is 0 Å². The summed E-state index contributed by atoms with van der Waals surface area (Å²) in [4.78, 5) is 4.44. The molecule has 1 aliphatic heterocycles. The third kappa shape index (κ3) is 2.01. The molecule has 0 bridgehead atoms. The van der Waals surface area contributed by atoms with Gasteiger partial charge in [-0.2, -0.15) is 0 Å². The molecule has 2 aromatic rings. The molecule has 1 aromatic heterocycles. The number of hydrogen-bond acceptors (Lipinski definition) is 3. The van der Waals surface area contributed by atoms with Gasteiger partial charge in [0.15, 0.2) is 0 Å². The van der Waals surface area contributed by atoms with Crippen LogP contribution in [0.15, 0.2) is 18.2 Å². The van der Waals surface area contributed by atoms with Gasteiger partial charge in [-0.25, -0.2) is 4.98 Å². The monoisotopic (exact) mass is 343 g/mol. The summed E-state index contributed by atoms with van der Waals surface area (Å²) in [6.45, 7) is 1.63. The van der Waals surface area contributed by atoms with E-state index in [1.54, 1.807) is 0 Å². The molecule has 5 heteroatoms. The fourth-order valence-corrected chi connectivity index (χ4v) is 2.89. The zero-order valence-corrected chi connectivity index (χ0v) is 11.6. The van der Waals surface area contributed by atoms with Crippen molar-refractivity contribution in [3.8, 4) is 0 Å². The standard InChI is InChI=1S/C12H14IN3O/c13-8-1-2-11-10(7-8)15-12(14)16(11)9-3-5-17-6-4-9/h1-2,7,9H,3-6H2,(H2,14,15). The summed E-state index contributed by atoms with van der Waals surface area (Å²) in [7, 11) is 0. The number of aromatic nitrogens is 2. The van der Waals surface area contributed by atoms with Crippen LogP contribution < -0.4 is 5.73 Å². The van der Waals surface area contributed by atoms with Crippen molar-refractivity contribution in [3.63, 3.8) is 0 Å². The van der Waals surface area contributed by atoms with E-state index in [2.05, 4.69) is 50.3 Å². The average Bonchev–Trinajstić information content (AvgIpc) is 2.65. The summed E-state index contributed by atoms with van der Waals surface area (Å²) >= 11 is 2.29. The normalized spacial score (nSPS) is 17.7. The summed E-state index contributed by atoms with van der Waals surface area (Å²) in [5.41, 5.74) is 8.16. The van der Waals surface area contributed by atoms with E-state index in [4.69, 9.17) is 10.5 Å². The Kier molecular flexibility index (Phi) is 2.96. The molecule has 1 fully saturated rings. The van der Waals surface area contributed by atoms with E-state index in [0.717, 1.165) is 37.1 Å². The highest BCUT2D eigenvalue weighted by molar-refractivity contribution is 14.1. The minimum atomic E-state index is 0.425. The summed E-state index contributed by atoms with van der Waals surface area (Å²) in [5.74, 6) is 0.619. The Morgan fingerprint density at radius 1 is 1.35 bits per heavy atom. The number of halogens is 1. The third-order valence-corrected chi connectivity index (χ3v) is 3.91. The highest BCUT2D eigenvalue weighted by Crippen LogP contribution is 2.29. The van der Waals surface area contributed by atoms with Gasteiger partial charge in [0.05, 0.1) is 11.0 Å². The van der Waals surface area contributed by atoms with Gasteiger partial charge in [0.1, 0.15) is 0 Å². The van der Waals surface area contributed by atoms with Crippen LogP contribution in [0.5, 0.6) is 0 Å². The number of imidazole rings is 1. The first-order valence-electron chi connectivity index (χ1n) is 5.76. The second-order valence-electron chi connectivity index (χ2n) is 4.32. The minimum absolute atomic E-state index is 0.425. The Labute approximate surface area is 113 Å². The molecule has 3 rings (SSSR count). The number of anilines is 1. The summed E-state index contributed by atoms with van der Waals surface area (Å²) in [6, 6.07) is 6.70. The number of nitrogens with two attached hydrogens (primary N) is 1. The van der Waals surface area contributed by atoms with E-state index in [9.17, 15) is 0 Å². The highest BCUT2D eigenvalue weighted by atomic mass is 127.